The van der Waals surface area contributed by atoms with Crippen molar-refractivity contribution in [2.45, 2.75) is 12.8 Å². The zero-order chi connectivity index (χ0) is 24.0. The maximum atomic E-state index is 11.3. The van der Waals surface area contributed by atoms with Gasteiger partial charge in [0.15, 0.2) is 0 Å². The molecule has 0 saturated heterocycles. The van der Waals surface area contributed by atoms with Crippen LogP contribution in [0, 0.1) is 0 Å². The van der Waals surface area contributed by atoms with Crippen LogP contribution in [0.25, 0.3) is 33.8 Å². The highest BCUT2D eigenvalue weighted by molar-refractivity contribution is 5.90. The van der Waals surface area contributed by atoms with E-state index < -0.39 is 6.16 Å². The van der Waals surface area contributed by atoms with Crippen LogP contribution in [0.1, 0.15) is 23.1 Å². The smallest absolute Gasteiger partial charge is 0.493 e. The SMILES string of the molecule is O=C(O)Oc1[nH]c2ccc(/C=C/c3ccccc3)cc2c1CCCOc1cccc2ccccc12. The molecule has 174 valence electrons. The van der Waals surface area contributed by atoms with E-state index in [4.69, 9.17) is 9.47 Å². The van der Waals surface area contributed by atoms with Crippen molar-refractivity contribution in [1.82, 2.24) is 4.98 Å². The second-order valence-corrected chi connectivity index (χ2v) is 8.28. The van der Waals surface area contributed by atoms with Crippen molar-refractivity contribution >= 4 is 40.0 Å². The van der Waals surface area contributed by atoms with Crippen LogP contribution in [-0.4, -0.2) is 22.9 Å². The summed E-state index contributed by atoms with van der Waals surface area (Å²) in [6.07, 6.45) is 4.08. The van der Waals surface area contributed by atoms with Gasteiger partial charge in [-0.15, -0.1) is 0 Å². The van der Waals surface area contributed by atoms with Crippen LogP contribution in [0.5, 0.6) is 11.6 Å². The monoisotopic (exact) mass is 463 g/mol. The summed E-state index contributed by atoms with van der Waals surface area (Å²) in [5.74, 6) is 1.11. The van der Waals surface area contributed by atoms with Crippen LogP contribution in [0.4, 0.5) is 4.79 Å². The van der Waals surface area contributed by atoms with Gasteiger partial charge < -0.3 is 19.6 Å². The third-order valence-corrected chi connectivity index (χ3v) is 5.93. The molecule has 0 aliphatic carbocycles. The van der Waals surface area contributed by atoms with E-state index in [0.717, 1.165) is 44.1 Å². The molecule has 35 heavy (non-hydrogen) atoms. The number of benzene rings is 4. The Kier molecular flexibility index (Phi) is 6.48. The molecule has 5 heteroatoms. The molecule has 4 aromatic carbocycles. The van der Waals surface area contributed by atoms with Crippen LogP contribution in [0.15, 0.2) is 91.0 Å². The number of carbonyl (C=O) groups is 1. The molecule has 0 amide bonds. The molecule has 5 nitrogen and oxygen atoms in total. The fourth-order valence-electron chi connectivity index (χ4n) is 4.28. The second-order valence-electron chi connectivity index (χ2n) is 8.28. The first-order chi connectivity index (χ1) is 17.2. The van der Waals surface area contributed by atoms with Crippen LogP contribution in [0.2, 0.25) is 0 Å². The van der Waals surface area contributed by atoms with Crippen molar-refractivity contribution in [2.75, 3.05) is 6.61 Å². The number of aromatic amines is 1. The summed E-state index contributed by atoms with van der Waals surface area (Å²) in [4.78, 5) is 14.4. The van der Waals surface area contributed by atoms with Gasteiger partial charge in [-0.25, -0.2) is 4.79 Å². The molecule has 5 rings (SSSR count). The summed E-state index contributed by atoms with van der Waals surface area (Å²) in [5.41, 5.74) is 3.81. The average Bonchev–Trinajstić information content (AvgIpc) is 3.21. The van der Waals surface area contributed by atoms with Crippen LogP contribution < -0.4 is 9.47 Å². The molecule has 0 saturated carbocycles. The van der Waals surface area contributed by atoms with E-state index in [2.05, 4.69) is 29.3 Å². The topological polar surface area (TPSA) is 71.5 Å². The molecule has 0 atom stereocenters. The summed E-state index contributed by atoms with van der Waals surface area (Å²) in [6.45, 7) is 0.501. The molecular weight excluding hydrogens is 438 g/mol. The third kappa shape index (κ3) is 5.20. The van der Waals surface area contributed by atoms with E-state index in [1.54, 1.807) is 0 Å². The normalized spacial score (nSPS) is 11.3. The fourth-order valence-corrected chi connectivity index (χ4v) is 4.28. The lowest BCUT2D eigenvalue weighted by atomic mass is 10.0. The summed E-state index contributed by atoms with van der Waals surface area (Å²) in [7, 11) is 0. The summed E-state index contributed by atoms with van der Waals surface area (Å²) < 4.78 is 11.2. The summed E-state index contributed by atoms with van der Waals surface area (Å²) in [5, 5.41) is 12.4. The lowest BCUT2D eigenvalue weighted by Crippen LogP contribution is -2.06. The van der Waals surface area contributed by atoms with Crippen LogP contribution in [0.3, 0.4) is 0 Å². The highest BCUT2D eigenvalue weighted by atomic mass is 16.7. The summed E-state index contributed by atoms with van der Waals surface area (Å²) >= 11 is 0. The van der Waals surface area contributed by atoms with Crippen molar-refractivity contribution in [2.24, 2.45) is 0 Å². The van der Waals surface area contributed by atoms with Gasteiger partial charge in [-0.2, -0.15) is 0 Å². The molecule has 0 aliphatic heterocycles. The first-order valence-electron chi connectivity index (χ1n) is 11.6. The molecular formula is C30H25NO4. The predicted octanol–water partition coefficient (Wildman–Crippen LogP) is 7.56. The number of ether oxygens (including phenoxy) is 2. The Labute approximate surface area is 203 Å². The standard InChI is InChI=1S/C30H25NO4/c32-30(33)35-29-25(13-7-19-34-28-14-6-11-23-10-4-5-12-24(23)28)26-20-22(17-18-27(26)31-29)16-15-21-8-2-1-3-9-21/h1-6,8-12,14-18,20,31H,7,13,19H2,(H,32,33)/b16-15+. The zero-order valence-electron chi connectivity index (χ0n) is 19.1. The number of hydrogen-bond acceptors (Lipinski definition) is 3. The van der Waals surface area contributed by atoms with Gasteiger partial charge in [-0.05, 0) is 47.6 Å². The minimum atomic E-state index is -1.34. The first-order valence-corrected chi connectivity index (χ1v) is 11.6. The molecule has 0 spiro atoms. The maximum absolute atomic E-state index is 11.3. The van der Waals surface area contributed by atoms with Crippen molar-refractivity contribution in [1.29, 1.82) is 0 Å². The number of fused-ring (bicyclic) bond motifs is 2. The van der Waals surface area contributed by atoms with Crippen molar-refractivity contribution in [3.8, 4) is 11.6 Å². The molecule has 2 N–H and O–H groups in total. The Morgan fingerprint density at radius 3 is 2.46 bits per heavy atom. The van der Waals surface area contributed by atoms with Gasteiger partial charge in [0.25, 0.3) is 0 Å². The van der Waals surface area contributed by atoms with Gasteiger partial charge in [-0.3, -0.25) is 0 Å². The average molecular weight is 464 g/mol. The Hall–Kier alpha value is -4.51. The Morgan fingerprint density at radius 2 is 1.60 bits per heavy atom. The number of nitrogens with one attached hydrogen (secondary N) is 1. The largest absolute Gasteiger partial charge is 0.512 e. The number of aromatic nitrogens is 1. The lowest BCUT2D eigenvalue weighted by molar-refractivity contribution is 0.142. The van der Waals surface area contributed by atoms with Crippen molar-refractivity contribution in [3.63, 3.8) is 0 Å². The summed E-state index contributed by atoms with van der Waals surface area (Å²) in [6, 6.07) is 30.2. The molecule has 0 aliphatic rings. The quantitative estimate of drug-likeness (QED) is 0.141. The second kappa shape index (κ2) is 10.2. The Bertz CT molecular complexity index is 1500. The minimum absolute atomic E-state index is 0.266. The Balaban J connectivity index is 1.35. The number of aryl methyl sites for hydroxylation is 1. The molecule has 0 fully saturated rings. The van der Waals surface area contributed by atoms with Crippen molar-refractivity contribution < 1.29 is 19.4 Å². The van der Waals surface area contributed by atoms with E-state index in [1.807, 2.05) is 78.9 Å². The van der Waals surface area contributed by atoms with Gasteiger partial charge in [0.05, 0.1) is 6.61 Å². The lowest BCUT2D eigenvalue weighted by Gasteiger charge is -2.09. The van der Waals surface area contributed by atoms with E-state index >= 15 is 0 Å². The third-order valence-electron chi connectivity index (χ3n) is 5.93. The maximum Gasteiger partial charge on any atom is 0.512 e. The van der Waals surface area contributed by atoms with Crippen molar-refractivity contribution in [3.05, 3.63) is 108 Å². The molecule has 5 aromatic rings. The highest BCUT2D eigenvalue weighted by Crippen LogP contribution is 2.31. The molecule has 0 radical (unpaired) electrons. The fraction of sp³-hybridized carbons (Fsp3) is 0.100. The molecule has 0 bridgehead atoms. The minimum Gasteiger partial charge on any atom is -0.493 e. The number of hydrogen-bond donors (Lipinski definition) is 2. The van der Waals surface area contributed by atoms with Gasteiger partial charge >= 0.3 is 6.16 Å². The van der Waals surface area contributed by atoms with E-state index in [0.29, 0.717) is 19.4 Å². The van der Waals surface area contributed by atoms with Crippen LogP contribution >= 0.6 is 0 Å². The Morgan fingerprint density at radius 1 is 0.829 bits per heavy atom. The zero-order valence-corrected chi connectivity index (χ0v) is 19.1. The van der Waals surface area contributed by atoms with Gasteiger partial charge in [0.2, 0.25) is 5.88 Å². The highest BCUT2D eigenvalue weighted by Gasteiger charge is 2.16. The van der Waals surface area contributed by atoms with E-state index in [1.165, 1.54) is 0 Å². The first kappa shape index (κ1) is 22.3. The van der Waals surface area contributed by atoms with E-state index in [-0.39, 0.29) is 5.88 Å². The van der Waals surface area contributed by atoms with Crippen LogP contribution in [-0.2, 0) is 6.42 Å². The van der Waals surface area contributed by atoms with Gasteiger partial charge in [-0.1, -0.05) is 84.9 Å². The van der Waals surface area contributed by atoms with Gasteiger partial charge in [0, 0.05) is 21.9 Å². The van der Waals surface area contributed by atoms with Gasteiger partial charge in [0.1, 0.15) is 5.75 Å². The van der Waals surface area contributed by atoms with E-state index in [9.17, 15) is 9.90 Å². The molecule has 0 unspecified atom stereocenters. The molecule has 1 heterocycles. The molecule has 1 aromatic heterocycles. The number of H-pyrrole nitrogens is 1. The number of rotatable bonds is 8. The predicted molar refractivity (Wildman–Crippen MR) is 140 cm³/mol. The number of carboxylic acid groups (broad SMARTS) is 1.